The largest absolute Gasteiger partial charge is 0.468 e. The van der Waals surface area contributed by atoms with Crippen molar-refractivity contribution in [3.63, 3.8) is 0 Å². The molecule has 0 spiro atoms. The van der Waals surface area contributed by atoms with Gasteiger partial charge in [0, 0.05) is 17.5 Å². The van der Waals surface area contributed by atoms with Crippen molar-refractivity contribution >= 4 is 11.0 Å². The van der Waals surface area contributed by atoms with E-state index in [4.69, 9.17) is 14.6 Å². The van der Waals surface area contributed by atoms with Crippen LogP contribution < -0.4 is 5.73 Å². The molecule has 3 aromatic rings. The average Bonchev–Trinajstić information content (AvgIpc) is 3.05. The first-order valence-corrected chi connectivity index (χ1v) is 6.68. The maximum Gasteiger partial charge on any atom is 0.134 e. The van der Waals surface area contributed by atoms with Gasteiger partial charge in [0.1, 0.15) is 17.1 Å². The van der Waals surface area contributed by atoms with E-state index in [2.05, 4.69) is 11.0 Å². The first kappa shape index (κ1) is 13.0. The highest BCUT2D eigenvalue weighted by atomic mass is 16.3. The average molecular weight is 270 g/mol. The second-order valence-corrected chi connectivity index (χ2v) is 4.96. The van der Waals surface area contributed by atoms with Gasteiger partial charge in [0.25, 0.3) is 0 Å². The van der Waals surface area contributed by atoms with E-state index in [9.17, 15) is 0 Å². The van der Waals surface area contributed by atoms with Crippen molar-refractivity contribution in [1.82, 2.24) is 4.90 Å². The lowest BCUT2D eigenvalue weighted by molar-refractivity contribution is 0.266. The fourth-order valence-corrected chi connectivity index (χ4v) is 2.47. The summed E-state index contributed by atoms with van der Waals surface area (Å²) in [5, 5.41) is 1.11. The minimum Gasteiger partial charge on any atom is -0.468 e. The summed E-state index contributed by atoms with van der Waals surface area (Å²) in [7, 11) is 2.04. The van der Waals surface area contributed by atoms with Gasteiger partial charge in [0.05, 0.1) is 19.4 Å². The van der Waals surface area contributed by atoms with E-state index in [1.165, 1.54) is 0 Å². The minimum atomic E-state index is 0.487. The number of hydrogen-bond acceptors (Lipinski definition) is 4. The van der Waals surface area contributed by atoms with Gasteiger partial charge in [-0.1, -0.05) is 18.2 Å². The Balaban J connectivity index is 1.83. The van der Waals surface area contributed by atoms with Gasteiger partial charge >= 0.3 is 0 Å². The van der Waals surface area contributed by atoms with Gasteiger partial charge in [-0.25, -0.2) is 0 Å². The number of fused-ring (bicyclic) bond motifs is 1. The quantitative estimate of drug-likeness (QED) is 0.774. The van der Waals surface area contributed by atoms with Crippen LogP contribution >= 0.6 is 0 Å². The summed E-state index contributed by atoms with van der Waals surface area (Å²) in [5.41, 5.74) is 7.86. The summed E-state index contributed by atoms with van der Waals surface area (Å²) >= 11 is 0. The van der Waals surface area contributed by atoms with Crippen molar-refractivity contribution in [1.29, 1.82) is 0 Å². The lowest BCUT2D eigenvalue weighted by atomic mass is 10.1. The van der Waals surface area contributed by atoms with E-state index in [0.717, 1.165) is 34.6 Å². The number of nitrogens with two attached hydrogens (primary N) is 1. The van der Waals surface area contributed by atoms with Gasteiger partial charge < -0.3 is 14.6 Å². The lowest BCUT2D eigenvalue weighted by Crippen LogP contribution is -2.17. The van der Waals surface area contributed by atoms with Gasteiger partial charge in [-0.05, 0) is 25.2 Å². The molecular formula is C16H18N2O2. The molecule has 2 N–H and O–H groups in total. The molecule has 0 radical (unpaired) electrons. The van der Waals surface area contributed by atoms with Gasteiger partial charge in [-0.15, -0.1) is 0 Å². The van der Waals surface area contributed by atoms with Crippen LogP contribution in [0.15, 0.2) is 51.5 Å². The highest BCUT2D eigenvalue weighted by Gasteiger charge is 2.14. The minimum absolute atomic E-state index is 0.487. The van der Waals surface area contributed by atoms with Crippen LogP contribution in [0.5, 0.6) is 0 Å². The first-order valence-electron chi connectivity index (χ1n) is 6.68. The van der Waals surface area contributed by atoms with Crippen LogP contribution in [0.25, 0.3) is 11.0 Å². The third-order valence-corrected chi connectivity index (χ3v) is 3.41. The third-order valence-electron chi connectivity index (χ3n) is 3.41. The summed E-state index contributed by atoms with van der Waals surface area (Å²) in [6.07, 6.45) is 1.69. The molecule has 0 amide bonds. The van der Waals surface area contributed by atoms with E-state index in [1.807, 2.05) is 37.4 Å². The van der Waals surface area contributed by atoms with Crippen LogP contribution in [-0.4, -0.2) is 11.9 Å². The smallest absolute Gasteiger partial charge is 0.134 e. The van der Waals surface area contributed by atoms with Crippen molar-refractivity contribution in [3.05, 3.63) is 59.7 Å². The Kier molecular flexibility index (Phi) is 3.58. The predicted octanol–water partition coefficient (Wildman–Crippen LogP) is 3.12. The molecule has 0 saturated heterocycles. The van der Waals surface area contributed by atoms with E-state index in [-0.39, 0.29) is 0 Å². The molecule has 0 aliphatic carbocycles. The molecule has 0 atom stereocenters. The van der Waals surface area contributed by atoms with Crippen LogP contribution in [-0.2, 0) is 19.6 Å². The number of hydrogen-bond donors (Lipinski definition) is 1. The zero-order valence-electron chi connectivity index (χ0n) is 11.5. The molecule has 2 aromatic heterocycles. The third kappa shape index (κ3) is 2.48. The number of rotatable bonds is 5. The first-order chi connectivity index (χ1) is 9.78. The fourth-order valence-electron chi connectivity index (χ4n) is 2.47. The van der Waals surface area contributed by atoms with Gasteiger partial charge in [0.15, 0.2) is 0 Å². The molecule has 104 valence electrons. The molecule has 0 bridgehead atoms. The molecular weight excluding hydrogens is 252 g/mol. The van der Waals surface area contributed by atoms with Crippen molar-refractivity contribution in [3.8, 4) is 0 Å². The molecule has 0 saturated carbocycles. The number of benzene rings is 1. The monoisotopic (exact) mass is 270 g/mol. The summed E-state index contributed by atoms with van der Waals surface area (Å²) < 4.78 is 11.3. The summed E-state index contributed by atoms with van der Waals surface area (Å²) in [6.45, 7) is 1.94. The molecule has 4 heteroatoms. The van der Waals surface area contributed by atoms with Crippen molar-refractivity contribution < 1.29 is 8.83 Å². The Labute approximate surface area is 117 Å². The topological polar surface area (TPSA) is 55.5 Å². The van der Waals surface area contributed by atoms with E-state index in [1.54, 1.807) is 6.26 Å². The Morgan fingerprint density at radius 3 is 2.70 bits per heavy atom. The van der Waals surface area contributed by atoms with Crippen LogP contribution in [0.2, 0.25) is 0 Å². The molecule has 0 aliphatic heterocycles. The van der Waals surface area contributed by atoms with E-state index in [0.29, 0.717) is 13.1 Å². The normalized spacial score (nSPS) is 11.6. The van der Waals surface area contributed by atoms with Gasteiger partial charge in [-0.2, -0.15) is 0 Å². The zero-order chi connectivity index (χ0) is 13.9. The molecule has 4 nitrogen and oxygen atoms in total. The predicted molar refractivity (Wildman–Crippen MR) is 78.0 cm³/mol. The lowest BCUT2D eigenvalue weighted by Gasteiger charge is -2.14. The second kappa shape index (κ2) is 5.53. The van der Waals surface area contributed by atoms with E-state index < -0.39 is 0 Å². The molecule has 0 aliphatic rings. The Morgan fingerprint density at radius 1 is 1.10 bits per heavy atom. The van der Waals surface area contributed by atoms with Crippen molar-refractivity contribution in [2.45, 2.75) is 19.6 Å². The highest BCUT2D eigenvalue weighted by Crippen LogP contribution is 2.26. The Hall–Kier alpha value is -2.04. The summed E-state index contributed by atoms with van der Waals surface area (Å²) in [4.78, 5) is 2.15. The maximum absolute atomic E-state index is 5.93. The van der Waals surface area contributed by atoms with Crippen molar-refractivity contribution in [2.24, 2.45) is 5.73 Å². The van der Waals surface area contributed by atoms with Crippen LogP contribution in [0.4, 0.5) is 0 Å². The standard InChI is InChI=1S/C16H18N2O2/c1-18(10-12-5-4-8-19-12)11-16-14(9-17)13-6-2-3-7-15(13)20-16/h2-8H,9-11,17H2,1H3. The Bertz CT molecular complexity index is 686. The van der Waals surface area contributed by atoms with E-state index >= 15 is 0 Å². The van der Waals surface area contributed by atoms with Gasteiger partial charge in [-0.3, -0.25) is 4.90 Å². The number of para-hydroxylation sites is 1. The second-order valence-electron chi connectivity index (χ2n) is 4.96. The molecule has 0 unspecified atom stereocenters. The highest BCUT2D eigenvalue weighted by molar-refractivity contribution is 5.82. The molecule has 20 heavy (non-hydrogen) atoms. The summed E-state index contributed by atoms with van der Waals surface area (Å²) in [5.74, 6) is 1.88. The van der Waals surface area contributed by atoms with Crippen molar-refractivity contribution in [2.75, 3.05) is 7.05 Å². The fraction of sp³-hybridized carbons (Fsp3) is 0.250. The number of furan rings is 2. The molecule has 3 rings (SSSR count). The molecule has 0 fully saturated rings. The van der Waals surface area contributed by atoms with Crippen LogP contribution in [0, 0.1) is 0 Å². The summed E-state index contributed by atoms with van der Waals surface area (Å²) in [6, 6.07) is 11.9. The van der Waals surface area contributed by atoms with Gasteiger partial charge in [0.2, 0.25) is 0 Å². The molecule has 1 aromatic carbocycles. The Morgan fingerprint density at radius 2 is 1.95 bits per heavy atom. The maximum atomic E-state index is 5.93. The molecule has 2 heterocycles. The van der Waals surface area contributed by atoms with Crippen LogP contribution in [0.3, 0.4) is 0 Å². The van der Waals surface area contributed by atoms with Crippen LogP contribution in [0.1, 0.15) is 17.1 Å². The number of nitrogens with zero attached hydrogens (tertiary/aromatic N) is 1. The SMILES string of the molecule is CN(Cc1ccco1)Cc1oc2ccccc2c1CN. The zero-order valence-corrected chi connectivity index (χ0v) is 11.5.